The quantitative estimate of drug-likeness (QED) is 0.806. The van der Waals surface area contributed by atoms with Gasteiger partial charge in [-0.1, -0.05) is 15.9 Å². The highest BCUT2D eigenvalue weighted by atomic mass is 79.9. The van der Waals surface area contributed by atoms with Crippen molar-refractivity contribution in [2.75, 3.05) is 19.0 Å². The predicted molar refractivity (Wildman–Crippen MR) is 71.0 cm³/mol. The molecular weight excluding hydrogens is 290 g/mol. The van der Waals surface area contributed by atoms with Gasteiger partial charge in [0.1, 0.15) is 3.66 Å². The highest BCUT2D eigenvalue weighted by molar-refractivity contribution is 9.11. The molecule has 0 radical (unpaired) electrons. The second-order valence-electron chi connectivity index (χ2n) is 4.26. The Morgan fingerprint density at radius 1 is 1.12 bits per heavy atom. The lowest BCUT2D eigenvalue weighted by atomic mass is 10.3. The Morgan fingerprint density at radius 3 is 1.88 bits per heavy atom. The van der Waals surface area contributed by atoms with Gasteiger partial charge in [-0.2, -0.15) is 0 Å². The molecule has 0 aliphatic rings. The molecule has 0 saturated heterocycles. The van der Waals surface area contributed by atoms with Crippen LogP contribution in [-0.2, 0) is 9.84 Å². The minimum atomic E-state index is -3.32. The SMILES string of the molecule is CN(C)c1ccc(S(=O)(=O)C(C)(C)Br)cc1. The van der Waals surface area contributed by atoms with Crippen molar-refractivity contribution in [2.24, 2.45) is 0 Å². The number of benzene rings is 1. The van der Waals surface area contributed by atoms with Gasteiger partial charge in [-0.05, 0) is 38.1 Å². The molecule has 1 rings (SSSR count). The molecule has 1 aromatic rings. The molecule has 0 aliphatic heterocycles. The monoisotopic (exact) mass is 305 g/mol. The molecule has 0 unspecified atom stereocenters. The predicted octanol–water partition coefficient (Wildman–Crippen LogP) is 2.66. The van der Waals surface area contributed by atoms with E-state index in [-0.39, 0.29) is 0 Å². The topological polar surface area (TPSA) is 37.4 Å². The number of sulfone groups is 1. The van der Waals surface area contributed by atoms with Crippen LogP contribution in [0.1, 0.15) is 13.8 Å². The maximum atomic E-state index is 12.1. The van der Waals surface area contributed by atoms with Gasteiger partial charge in [-0.3, -0.25) is 0 Å². The molecule has 0 spiro atoms. The van der Waals surface area contributed by atoms with Crippen molar-refractivity contribution in [3.8, 4) is 0 Å². The van der Waals surface area contributed by atoms with Crippen molar-refractivity contribution in [2.45, 2.75) is 22.4 Å². The number of alkyl halides is 1. The third-order valence-corrected chi connectivity index (χ3v) is 5.75. The lowest BCUT2D eigenvalue weighted by Crippen LogP contribution is -2.24. The number of halogens is 1. The van der Waals surface area contributed by atoms with Crippen molar-refractivity contribution in [1.82, 2.24) is 0 Å². The summed E-state index contributed by atoms with van der Waals surface area (Å²) in [5.74, 6) is 0. The fourth-order valence-corrected chi connectivity index (χ4v) is 2.82. The molecular formula is C11H16BrNO2S. The molecule has 0 fully saturated rings. The van der Waals surface area contributed by atoms with Crippen molar-refractivity contribution < 1.29 is 8.42 Å². The average Bonchev–Trinajstić information content (AvgIpc) is 2.16. The standard InChI is InChI=1S/C11H16BrNO2S/c1-11(2,12)16(14,15)10-7-5-9(6-8-10)13(3)4/h5-8H,1-4H3. The number of anilines is 1. The molecule has 5 heteroatoms. The van der Waals surface area contributed by atoms with Gasteiger partial charge in [-0.25, -0.2) is 8.42 Å². The summed E-state index contributed by atoms with van der Waals surface area (Å²) in [5.41, 5.74) is 0.978. The maximum absolute atomic E-state index is 12.1. The van der Waals surface area contributed by atoms with Crippen molar-refractivity contribution in [3.05, 3.63) is 24.3 Å². The minimum absolute atomic E-state index is 0.333. The van der Waals surface area contributed by atoms with E-state index in [1.54, 1.807) is 38.1 Å². The molecule has 1 aromatic carbocycles. The largest absolute Gasteiger partial charge is 0.378 e. The molecule has 3 nitrogen and oxygen atoms in total. The van der Waals surface area contributed by atoms with Crippen LogP contribution in [0.2, 0.25) is 0 Å². The Balaban J connectivity index is 3.18. The van der Waals surface area contributed by atoms with E-state index < -0.39 is 13.5 Å². The van der Waals surface area contributed by atoms with Crippen molar-refractivity contribution in [1.29, 1.82) is 0 Å². The first-order valence-electron chi connectivity index (χ1n) is 4.87. The number of hydrogen-bond acceptors (Lipinski definition) is 3. The van der Waals surface area contributed by atoms with Crippen LogP contribution in [0.25, 0.3) is 0 Å². The number of rotatable bonds is 3. The van der Waals surface area contributed by atoms with Crippen LogP contribution in [0.3, 0.4) is 0 Å². The summed E-state index contributed by atoms with van der Waals surface area (Å²) in [4.78, 5) is 2.26. The molecule has 0 bridgehead atoms. The Labute approximate surface area is 106 Å². The van der Waals surface area contributed by atoms with Crippen LogP contribution in [0, 0.1) is 0 Å². The van der Waals surface area contributed by atoms with E-state index in [1.165, 1.54) is 0 Å². The van der Waals surface area contributed by atoms with Gasteiger partial charge < -0.3 is 4.90 Å². The maximum Gasteiger partial charge on any atom is 0.193 e. The summed E-state index contributed by atoms with van der Waals surface area (Å²) >= 11 is 3.19. The first-order valence-corrected chi connectivity index (χ1v) is 7.15. The number of nitrogens with zero attached hydrogens (tertiary/aromatic N) is 1. The molecule has 90 valence electrons. The molecule has 0 aliphatic carbocycles. The molecule has 0 N–H and O–H groups in total. The molecule has 16 heavy (non-hydrogen) atoms. The van der Waals surface area contributed by atoms with E-state index >= 15 is 0 Å². The smallest absolute Gasteiger partial charge is 0.193 e. The zero-order chi connectivity index (χ0) is 12.6. The van der Waals surface area contributed by atoms with Gasteiger partial charge in [0.25, 0.3) is 0 Å². The zero-order valence-corrected chi connectivity index (χ0v) is 12.3. The third-order valence-electron chi connectivity index (χ3n) is 2.30. The van der Waals surface area contributed by atoms with Gasteiger partial charge in [0.05, 0.1) is 4.90 Å². The summed E-state index contributed by atoms with van der Waals surface area (Å²) in [5, 5.41) is 0. The van der Waals surface area contributed by atoms with Crippen molar-refractivity contribution >= 4 is 31.5 Å². The van der Waals surface area contributed by atoms with E-state index in [0.29, 0.717) is 4.90 Å². The van der Waals surface area contributed by atoms with E-state index in [4.69, 9.17) is 0 Å². The fraction of sp³-hybridized carbons (Fsp3) is 0.455. The summed E-state index contributed by atoms with van der Waals surface area (Å²) in [6.07, 6.45) is 0. The second kappa shape index (κ2) is 4.37. The first kappa shape index (κ1) is 13.5. The van der Waals surface area contributed by atoms with Crippen LogP contribution in [-0.4, -0.2) is 26.2 Å². The van der Waals surface area contributed by atoms with E-state index in [1.807, 2.05) is 19.0 Å². The molecule has 0 heterocycles. The number of hydrogen-bond donors (Lipinski definition) is 0. The summed E-state index contributed by atoms with van der Waals surface area (Å²) < 4.78 is 23.2. The molecule has 0 saturated carbocycles. The Bertz CT molecular complexity index is 458. The van der Waals surface area contributed by atoms with Crippen LogP contribution in [0.15, 0.2) is 29.2 Å². The lowest BCUT2D eigenvalue weighted by Gasteiger charge is -2.18. The van der Waals surface area contributed by atoms with Crippen LogP contribution < -0.4 is 4.90 Å². The molecule has 0 amide bonds. The minimum Gasteiger partial charge on any atom is -0.378 e. The summed E-state index contributed by atoms with van der Waals surface area (Å²) in [7, 11) is 0.508. The van der Waals surface area contributed by atoms with E-state index in [9.17, 15) is 8.42 Å². The Hall–Kier alpha value is -0.550. The third kappa shape index (κ3) is 2.58. The lowest BCUT2D eigenvalue weighted by molar-refractivity contribution is 0.583. The van der Waals surface area contributed by atoms with Gasteiger partial charge in [0.15, 0.2) is 9.84 Å². The van der Waals surface area contributed by atoms with Gasteiger partial charge in [0.2, 0.25) is 0 Å². The fourth-order valence-electron chi connectivity index (χ4n) is 1.20. The highest BCUT2D eigenvalue weighted by Crippen LogP contribution is 2.31. The van der Waals surface area contributed by atoms with E-state index in [2.05, 4.69) is 15.9 Å². The van der Waals surface area contributed by atoms with Gasteiger partial charge >= 0.3 is 0 Å². The van der Waals surface area contributed by atoms with E-state index in [0.717, 1.165) is 5.69 Å². The van der Waals surface area contributed by atoms with Crippen LogP contribution in [0.4, 0.5) is 5.69 Å². The van der Waals surface area contributed by atoms with Crippen LogP contribution in [0.5, 0.6) is 0 Å². The molecule has 0 atom stereocenters. The Kier molecular flexibility index (Phi) is 3.69. The first-order chi connectivity index (χ1) is 7.16. The highest BCUT2D eigenvalue weighted by Gasteiger charge is 2.32. The summed E-state index contributed by atoms with van der Waals surface area (Å²) in [6.45, 7) is 3.25. The van der Waals surface area contributed by atoms with Crippen LogP contribution >= 0.6 is 15.9 Å². The zero-order valence-electron chi connectivity index (χ0n) is 9.86. The average molecular weight is 306 g/mol. The normalized spacial score (nSPS) is 12.6. The Morgan fingerprint density at radius 2 is 1.56 bits per heavy atom. The summed E-state index contributed by atoms with van der Waals surface area (Å²) in [6, 6.07) is 6.86. The van der Waals surface area contributed by atoms with Gasteiger partial charge in [-0.15, -0.1) is 0 Å². The molecule has 0 aromatic heterocycles. The second-order valence-corrected chi connectivity index (χ2v) is 9.26. The van der Waals surface area contributed by atoms with Gasteiger partial charge in [0, 0.05) is 19.8 Å². The van der Waals surface area contributed by atoms with Crippen molar-refractivity contribution in [3.63, 3.8) is 0 Å².